The van der Waals surface area contributed by atoms with Crippen molar-refractivity contribution >= 4 is 49.2 Å². The van der Waals surface area contributed by atoms with E-state index in [0.29, 0.717) is 12.5 Å². The highest BCUT2D eigenvalue weighted by Gasteiger charge is 2.08. The number of aromatic nitrogens is 2. The summed E-state index contributed by atoms with van der Waals surface area (Å²) in [4.78, 5) is 9.58. The lowest BCUT2D eigenvalue weighted by Gasteiger charge is -2.09. The molecular weight excluding hydrogens is 338 g/mol. The van der Waals surface area contributed by atoms with Crippen LogP contribution in [0.2, 0.25) is 0 Å². The third kappa shape index (κ3) is 2.74. The minimum absolute atomic E-state index is 0.414. The Morgan fingerprint density at radius 2 is 2.15 bits per heavy atom. The average molecular weight is 350 g/mol. The number of nitrogens with zero attached hydrogens (tertiary/aromatic N) is 2. The van der Waals surface area contributed by atoms with Crippen LogP contribution >= 0.6 is 27.3 Å². The molecule has 0 aliphatic heterocycles. The van der Waals surface area contributed by atoms with Crippen LogP contribution in [-0.2, 0) is 6.54 Å². The fourth-order valence-corrected chi connectivity index (χ4v) is 3.10. The number of hydrazine groups is 1. The van der Waals surface area contributed by atoms with Crippen LogP contribution in [0.5, 0.6) is 0 Å². The molecule has 0 fully saturated rings. The Morgan fingerprint density at radius 3 is 2.95 bits per heavy atom. The second kappa shape index (κ2) is 5.74. The van der Waals surface area contributed by atoms with E-state index in [1.165, 1.54) is 5.56 Å². The van der Waals surface area contributed by atoms with Crippen LogP contribution in [0, 0.1) is 0 Å². The number of fused-ring (bicyclic) bond motifs is 1. The van der Waals surface area contributed by atoms with Crippen molar-refractivity contribution in [2.24, 2.45) is 5.84 Å². The van der Waals surface area contributed by atoms with Gasteiger partial charge in [-0.15, -0.1) is 11.3 Å². The normalized spacial score (nSPS) is 10.7. The highest BCUT2D eigenvalue weighted by Crippen LogP contribution is 2.26. The molecule has 3 rings (SSSR count). The summed E-state index contributed by atoms with van der Waals surface area (Å²) in [5.41, 5.74) is 3.66. The van der Waals surface area contributed by atoms with Crippen LogP contribution < -0.4 is 16.6 Å². The number of hydrogen-bond donors (Lipinski definition) is 3. The summed E-state index contributed by atoms with van der Waals surface area (Å²) in [6.45, 7) is 0.686. The van der Waals surface area contributed by atoms with E-state index in [1.54, 1.807) is 11.3 Å². The van der Waals surface area contributed by atoms with Gasteiger partial charge in [0.15, 0.2) is 0 Å². The molecule has 2 heterocycles. The number of thiophene rings is 1. The summed E-state index contributed by atoms with van der Waals surface area (Å²) in [6.07, 6.45) is 0. The molecule has 0 atom stereocenters. The van der Waals surface area contributed by atoms with Gasteiger partial charge in [-0.1, -0.05) is 28.1 Å². The van der Waals surface area contributed by atoms with Crippen LogP contribution in [0.25, 0.3) is 10.2 Å². The molecule has 5 nitrogen and oxygen atoms in total. The Hall–Kier alpha value is -1.70. The Balaban J connectivity index is 1.88. The summed E-state index contributed by atoms with van der Waals surface area (Å²) < 4.78 is 1.06. The lowest BCUT2D eigenvalue weighted by molar-refractivity contribution is 1.09. The monoisotopic (exact) mass is 349 g/mol. The van der Waals surface area contributed by atoms with Gasteiger partial charge >= 0.3 is 0 Å². The first-order valence-electron chi connectivity index (χ1n) is 5.96. The Kier molecular flexibility index (Phi) is 3.81. The molecule has 0 aliphatic rings. The van der Waals surface area contributed by atoms with E-state index in [0.717, 1.165) is 20.5 Å². The van der Waals surface area contributed by atoms with Gasteiger partial charge in [-0.3, -0.25) is 5.43 Å². The van der Waals surface area contributed by atoms with Crippen molar-refractivity contribution in [2.75, 3.05) is 10.7 Å². The van der Waals surface area contributed by atoms with Crippen molar-refractivity contribution in [3.05, 3.63) is 45.7 Å². The zero-order valence-corrected chi connectivity index (χ0v) is 12.8. The molecule has 0 spiro atoms. The molecule has 0 unspecified atom stereocenters. The zero-order chi connectivity index (χ0) is 13.9. The van der Waals surface area contributed by atoms with Gasteiger partial charge in [0.1, 0.15) is 10.6 Å². The second-order valence-electron chi connectivity index (χ2n) is 4.16. The van der Waals surface area contributed by atoms with Gasteiger partial charge in [0.05, 0.1) is 5.39 Å². The largest absolute Gasteiger partial charge is 0.365 e. The van der Waals surface area contributed by atoms with Gasteiger partial charge in [0, 0.05) is 11.0 Å². The topological polar surface area (TPSA) is 75.9 Å². The van der Waals surface area contributed by atoms with E-state index in [-0.39, 0.29) is 0 Å². The third-order valence-electron chi connectivity index (χ3n) is 2.80. The van der Waals surface area contributed by atoms with Crippen molar-refractivity contribution in [3.63, 3.8) is 0 Å². The standard InChI is InChI=1S/C13H12BrN5S/c14-9-3-1-2-8(6-9)7-16-11-10-4-5-20-12(10)18-13(17-11)19-15/h1-6H,7,15H2,(H2,16,17,18,19). The van der Waals surface area contributed by atoms with Gasteiger partial charge in [-0.2, -0.15) is 4.98 Å². The lowest BCUT2D eigenvalue weighted by atomic mass is 10.2. The summed E-state index contributed by atoms with van der Waals surface area (Å²) in [5, 5.41) is 6.32. The van der Waals surface area contributed by atoms with Crippen LogP contribution in [-0.4, -0.2) is 9.97 Å². The van der Waals surface area contributed by atoms with Gasteiger partial charge < -0.3 is 5.32 Å². The summed E-state index contributed by atoms with van der Waals surface area (Å²) >= 11 is 5.03. The molecular formula is C13H12BrN5S. The van der Waals surface area contributed by atoms with Crippen LogP contribution in [0.4, 0.5) is 11.8 Å². The number of nitrogen functional groups attached to an aromatic ring is 1. The first-order chi connectivity index (χ1) is 9.76. The number of benzene rings is 1. The minimum atomic E-state index is 0.414. The fraction of sp³-hybridized carbons (Fsp3) is 0.0769. The van der Waals surface area contributed by atoms with Gasteiger partial charge in [0.25, 0.3) is 0 Å². The SMILES string of the molecule is NNc1nc(NCc2cccc(Br)c2)c2ccsc2n1. The van der Waals surface area contributed by atoms with Gasteiger partial charge in [-0.05, 0) is 29.1 Å². The third-order valence-corrected chi connectivity index (χ3v) is 4.10. The maximum Gasteiger partial charge on any atom is 0.240 e. The summed E-state index contributed by atoms with van der Waals surface area (Å²) in [6, 6.07) is 10.1. The number of hydrogen-bond acceptors (Lipinski definition) is 6. The number of rotatable bonds is 4. The molecule has 102 valence electrons. The molecule has 4 N–H and O–H groups in total. The molecule has 0 aliphatic carbocycles. The Bertz CT molecular complexity index is 742. The number of halogens is 1. The van der Waals surface area contributed by atoms with Crippen LogP contribution in [0.3, 0.4) is 0 Å². The molecule has 3 aromatic rings. The van der Waals surface area contributed by atoms with E-state index in [9.17, 15) is 0 Å². The van der Waals surface area contributed by atoms with Crippen LogP contribution in [0.1, 0.15) is 5.56 Å². The van der Waals surface area contributed by atoms with E-state index < -0.39 is 0 Å². The predicted octanol–water partition coefficient (Wildman–Crippen LogP) is 3.35. The smallest absolute Gasteiger partial charge is 0.240 e. The van der Waals surface area contributed by atoms with E-state index in [2.05, 4.69) is 48.8 Å². The molecule has 0 bridgehead atoms. The molecule has 0 saturated heterocycles. The Morgan fingerprint density at radius 1 is 1.25 bits per heavy atom. The predicted molar refractivity (Wildman–Crippen MR) is 86.7 cm³/mol. The Labute approximate surface area is 128 Å². The highest BCUT2D eigenvalue weighted by molar-refractivity contribution is 9.10. The van der Waals surface area contributed by atoms with Crippen molar-refractivity contribution in [2.45, 2.75) is 6.54 Å². The molecule has 0 amide bonds. The molecule has 2 aromatic heterocycles. The fourth-order valence-electron chi connectivity index (χ4n) is 1.89. The van der Waals surface area contributed by atoms with Crippen molar-refractivity contribution < 1.29 is 0 Å². The minimum Gasteiger partial charge on any atom is -0.365 e. The summed E-state index contributed by atoms with van der Waals surface area (Å²) in [7, 11) is 0. The van der Waals surface area contributed by atoms with Gasteiger partial charge in [-0.25, -0.2) is 10.8 Å². The second-order valence-corrected chi connectivity index (χ2v) is 5.97. The molecule has 1 aromatic carbocycles. The molecule has 0 saturated carbocycles. The zero-order valence-electron chi connectivity index (χ0n) is 10.4. The molecule has 7 heteroatoms. The molecule has 0 radical (unpaired) electrons. The van der Waals surface area contributed by atoms with E-state index in [1.807, 2.05) is 23.6 Å². The van der Waals surface area contributed by atoms with Crippen molar-refractivity contribution in [3.8, 4) is 0 Å². The first kappa shape index (κ1) is 13.3. The average Bonchev–Trinajstić information content (AvgIpc) is 2.93. The first-order valence-corrected chi connectivity index (χ1v) is 7.64. The number of anilines is 2. The van der Waals surface area contributed by atoms with Crippen LogP contribution in [0.15, 0.2) is 40.2 Å². The van der Waals surface area contributed by atoms with Gasteiger partial charge in [0.2, 0.25) is 5.95 Å². The quantitative estimate of drug-likeness (QED) is 0.497. The van der Waals surface area contributed by atoms with Crippen molar-refractivity contribution in [1.82, 2.24) is 9.97 Å². The maximum absolute atomic E-state index is 5.40. The van der Waals surface area contributed by atoms with E-state index >= 15 is 0 Å². The highest BCUT2D eigenvalue weighted by atomic mass is 79.9. The number of nitrogens with two attached hydrogens (primary N) is 1. The maximum atomic E-state index is 5.40. The number of nitrogens with one attached hydrogen (secondary N) is 2. The van der Waals surface area contributed by atoms with Crippen molar-refractivity contribution in [1.29, 1.82) is 0 Å². The molecule has 20 heavy (non-hydrogen) atoms. The van der Waals surface area contributed by atoms with E-state index in [4.69, 9.17) is 5.84 Å². The summed E-state index contributed by atoms with van der Waals surface area (Å²) in [5.74, 6) is 6.60. The lowest BCUT2D eigenvalue weighted by Crippen LogP contribution is -2.12.